The van der Waals surface area contributed by atoms with Crippen molar-refractivity contribution in [3.8, 4) is 11.3 Å². The number of furan rings is 1. The zero-order valence-corrected chi connectivity index (χ0v) is 16.7. The molecular formula is C21H20FN3O3S. The first-order valence-corrected chi connectivity index (χ1v) is 10.2. The van der Waals surface area contributed by atoms with Crippen molar-refractivity contribution in [2.45, 2.75) is 19.8 Å². The second kappa shape index (κ2) is 8.16. The number of hydrogen-bond donors (Lipinski definition) is 1. The Morgan fingerprint density at radius 2 is 2.07 bits per heavy atom. The Morgan fingerprint density at radius 3 is 2.79 bits per heavy atom. The highest BCUT2D eigenvalue weighted by atomic mass is 32.1. The summed E-state index contributed by atoms with van der Waals surface area (Å²) in [5, 5.41) is 3.38. The van der Waals surface area contributed by atoms with E-state index in [9.17, 15) is 14.0 Å². The van der Waals surface area contributed by atoms with Crippen molar-refractivity contribution in [1.29, 1.82) is 0 Å². The molecule has 3 heterocycles. The maximum Gasteiger partial charge on any atom is 0.289 e. The van der Waals surface area contributed by atoms with E-state index in [1.54, 1.807) is 29.2 Å². The van der Waals surface area contributed by atoms with Gasteiger partial charge in [-0.3, -0.25) is 9.59 Å². The predicted octanol–water partition coefficient (Wildman–Crippen LogP) is 4.34. The average Bonchev–Trinajstić information content (AvgIpc) is 3.38. The molecule has 1 fully saturated rings. The number of likely N-dealkylation sites (tertiary alicyclic amines) is 1. The number of carbonyl (C=O) groups excluding carboxylic acids is 2. The van der Waals surface area contributed by atoms with Gasteiger partial charge < -0.3 is 14.6 Å². The minimum atomic E-state index is -0.305. The lowest BCUT2D eigenvalue weighted by Crippen LogP contribution is -2.43. The summed E-state index contributed by atoms with van der Waals surface area (Å²) in [7, 11) is 0. The number of piperidine rings is 1. The van der Waals surface area contributed by atoms with E-state index in [1.807, 2.05) is 6.92 Å². The number of halogens is 1. The highest BCUT2D eigenvalue weighted by molar-refractivity contribution is 7.16. The molecule has 0 saturated carbocycles. The fourth-order valence-electron chi connectivity index (χ4n) is 3.46. The van der Waals surface area contributed by atoms with Gasteiger partial charge in [0, 0.05) is 23.5 Å². The molecule has 2 aromatic heterocycles. The topological polar surface area (TPSA) is 75.4 Å². The van der Waals surface area contributed by atoms with Gasteiger partial charge in [0.15, 0.2) is 10.9 Å². The molecule has 1 unspecified atom stereocenters. The second-order valence-electron chi connectivity index (χ2n) is 6.99. The van der Waals surface area contributed by atoms with Crippen LogP contribution in [0.4, 0.5) is 9.52 Å². The van der Waals surface area contributed by atoms with Crippen LogP contribution in [0.2, 0.25) is 0 Å². The number of benzene rings is 1. The third-order valence-corrected chi connectivity index (χ3v) is 5.84. The van der Waals surface area contributed by atoms with E-state index in [0.29, 0.717) is 24.6 Å². The van der Waals surface area contributed by atoms with E-state index < -0.39 is 0 Å². The smallest absolute Gasteiger partial charge is 0.289 e. The maximum absolute atomic E-state index is 13.2. The molecule has 1 aromatic carbocycles. The van der Waals surface area contributed by atoms with Crippen molar-refractivity contribution in [3.63, 3.8) is 0 Å². The summed E-state index contributed by atoms with van der Waals surface area (Å²) in [4.78, 5) is 32.3. The molecule has 4 rings (SSSR count). The van der Waals surface area contributed by atoms with E-state index in [1.165, 1.54) is 29.7 Å². The van der Waals surface area contributed by atoms with Crippen molar-refractivity contribution in [1.82, 2.24) is 9.88 Å². The van der Waals surface area contributed by atoms with Crippen LogP contribution in [0.5, 0.6) is 0 Å². The molecule has 0 bridgehead atoms. The molecule has 3 aromatic rings. The van der Waals surface area contributed by atoms with Gasteiger partial charge in [0.2, 0.25) is 5.91 Å². The molecule has 8 heteroatoms. The summed E-state index contributed by atoms with van der Waals surface area (Å²) < 4.78 is 18.3. The average molecular weight is 413 g/mol. The fraction of sp³-hybridized carbons (Fsp3) is 0.286. The van der Waals surface area contributed by atoms with Gasteiger partial charge >= 0.3 is 0 Å². The van der Waals surface area contributed by atoms with Gasteiger partial charge in [-0.2, -0.15) is 0 Å². The molecule has 1 atom stereocenters. The van der Waals surface area contributed by atoms with E-state index in [-0.39, 0.29) is 29.3 Å². The molecule has 0 spiro atoms. The highest BCUT2D eigenvalue weighted by Gasteiger charge is 2.30. The number of amides is 2. The molecule has 1 aliphatic heterocycles. The number of aromatic nitrogens is 1. The van der Waals surface area contributed by atoms with Crippen LogP contribution in [-0.2, 0) is 4.79 Å². The molecule has 1 saturated heterocycles. The van der Waals surface area contributed by atoms with Crippen molar-refractivity contribution >= 4 is 28.3 Å². The highest BCUT2D eigenvalue weighted by Crippen LogP contribution is 2.31. The summed E-state index contributed by atoms with van der Waals surface area (Å²) in [6.07, 6.45) is 2.93. The normalized spacial score (nSPS) is 16.6. The second-order valence-corrected chi connectivity index (χ2v) is 8.19. The molecule has 1 N–H and O–H groups in total. The Morgan fingerprint density at radius 1 is 1.28 bits per heavy atom. The molecule has 1 aliphatic rings. The van der Waals surface area contributed by atoms with Crippen molar-refractivity contribution in [2.24, 2.45) is 5.92 Å². The van der Waals surface area contributed by atoms with Gasteiger partial charge in [0.25, 0.3) is 5.91 Å². The third-order valence-electron chi connectivity index (χ3n) is 4.96. The number of aryl methyl sites for hydroxylation is 1. The monoisotopic (exact) mass is 413 g/mol. The number of hydrogen-bond acceptors (Lipinski definition) is 5. The predicted molar refractivity (Wildman–Crippen MR) is 108 cm³/mol. The van der Waals surface area contributed by atoms with Crippen LogP contribution in [-0.4, -0.2) is 34.8 Å². The Hall–Kier alpha value is -3.00. The fourth-order valence-corrected chi connectivity index (χ4v) is 4.30. The van der Waals surface area contributed by atoms with Crippen molar-refractivity contribution in [2.75, 3.05) is 18.4 Å². The number of carbonyl (C=O) groups is 2. The van der Waals surface area contributed by atoms with E-state index in [4.69, 9.17) is 4.42 Å². The molecular weight excluding hydrogens is 393 g/mol. The van der Waals surface area contributed by atoms with Crippen molar-refractivity contribution in [3.05, 3.63) is 59.1 Å². The number of anilines is 1. The van der Waals surface area contributed by atoms with Gasteiger partial charge in [-0.15, -0.1) is 11.3 Å². The van der Waals surface area contributed by atoms with Gasteiger partial charge in [0.05, 0.1) is 17.9 Å². The maximum atomic E-state index is 13.2. The van der Waals surface area contributed by atoms with Crippen LogP contribution in [0.25, 0.3) is 11.3 Å². The minimum Gasteiger partial charge on any atom is -0.459 e. The third kappa shape index (κ3) is 4.22. The Balaban J connectivity index is 1.43. The SMILES string of the molecule is Cc1sc(NC(=O)C2CCCN(C(=O)c3ccco3)C2)nc1-c1ccc(F)cc1. The quantitative estimate of drug-likeness (QED) is 0.690. The molecule has 2 amide bonds. The first-order chi connectivity index (χ1) is 14.0. The molecule has 150 valence electrons. The Kier molecular flexibility index (Phi) is 5.44. The van der Waals surface area contributed by atoms with E-state index in [0.717, 1.165) is 22.6 Å². The summed E-state index contributed by atoms with van der Waals surface area (Å²) in [5.74, 6) is -0.676. The molecule has 0 aliphatic carbocycles. The van der Waals surface area contributed by atoms with Crippen molar-refractivity contribution < 1.29 is 18.4 Å². The summed E-state index contributed by atoms with van der Waals surface area (Å²) in [5.41, 5.74) is 1.53. The zero-order chi connectivity index (χ0) is 20.4. The van der Waals surface area contributed by atoms with Gasteiger partial charge in [-0.1, -0.05) is 0 Å². The molecule has 6 nitrogen and oxygen atoms in total. The largest absolute Gasteiger partial charge is 0.459 e. The number of nitrogens with zero attached hydrogens (tertiary/aromatic N) is 2. The van der Waals surface area contributed by atoms with Crippen LogP contribution in [0.3, 0.4) is 0 Å². The van der Waals surface area contributed by atoms with Crippen LogP contribution in [0.15, 0.2) is 47.1 Å². The Bertz CT molecular complexity index is 1010. The first kappa shape index (κ1) is 19.3. The summed E-state index contributed by atoms with van der Waals surface area (Å²) in [6.45, 7) is 2.87. The summed E-state index contributed by atoms with van der Waals surface area (Å²) in [6, 6.07) is 9.41. The molecule has 0 radical (unpaired) electrons. The standard InChI is InChI=1S/C21H20FN3O3S/c1-13-18(14-6-8-16(22)9-7-14)23-21(29-13)24-19(26)15-4-2-10-25(12-15)20(27)17-5-3-11-28-17/h3,5-9,11,15H,2,4,10,12H2,1H3,(H,23,24,26). The van der Waals surface area contributed by atoms with Crippen LogP contribution < -0.4 is 5.32 Å². The lowest BCUT2D eigenvalue weighted by molar-refractivity contribution is -0.121. The van der Waals surface area contributed by atoms with E-state index in [2.05, 4.69) is 10.3 Å². The van der Waals surface area contributed by atoms with E-state index >= 15 is 0 Å². The van der Waals surface area contributed by atoms with Crippen LogP contribution >= 0.6 is 11.3 Å². The van der Waals surface area contributed by atoms with Crippen LogP contribution in [0, 0.1) is 18.7 Å². The lowest BCUT2D eigenvalue weighted by atomic mass is 9.97. The van der Waals surface area contributed by atoms with Crippen LogP contribution in [0.1, 0.15) is 28.3 Å². The molecule has 29 heavy (non-hydrogen) atoms. The van der Waals surface area contributed by atoms with Gasteiger partial charge in [-0.25, -0.2) is 9.37 Å². The minimum absolute atomic E-state index is 0.152. The number of rotatable bonds is 4. The first-order valence-electron chi connectivity index (χ1n) is 9.38. The van der Waals surface area contributed by atoms with Gasteiger partial charge in [0.1, 0.15) is 5.82 Å². The Labute approximate surface area is 171 Å². The zero-order valence-electron chi connectivity index (χ0n) is 15.9. The summed E-state index contributed by atoms with van der Waals surface area (Å²) >= 11 is 1.38. The number of thiazole rings is 1. The van der Waals surface area contributed by atoms with Gasteiger partial charge in [-0.05, 0) is 56.2 Å². The number of nitrogens with one attached hydrogen (secondary N) is 1. The lowest BCUT2D eigenvalue weighted by Gasteiger charge is -2.31.